The number of para-hydroxylation sites is 1. The Morgan fingerprint density at radius 1 is 1.00 bits per heavy atom. The van der Waals surface area contributed by atoms with E-state index in [0.29, 0.717) is 53.9 Å². The van der Waals surface area contributed by atoms with Gasteiger partial charge in [-0.1, -0.05) is 18.2 Å². The minimum atomic E-state index is -3.93. The zero-order chi connectivity index (χ0) is 27.7. The van der Waals surface area contributed by atoms with Crippen LogP contribution in [0.15, 0.2) is 77.8 Å². The van der Waals surface area contributed by atoms with Crippen LogP contribution in [0.5, 0.6) is 0 Å². The summed E-state index contributed by atoms with van der Waals surface area (Å²) in [4.78, 5) is 20.9. The molecule has 1 aromatic heterocycles. The number of piperazine rings is 1. The van der Waals surface area contributed by atoms with Gasteiger partial charge in [0.2, 0.25) is 0 Å². The largest absolute Gasteiger partial charge is 0.333 e. The third-order valence-electron chi connectivity index (χ3n) is 6.73. The summed E-state index contributed by atoms with van der Waals surface area (Å²) >= 11 is 0. The highest BCUT2D eigenvalue weighted by molar-refractivity contribution is 7.93. The van der Waals surface area contributed by atoms with Crippen LogP contribution < -0.4 is 4.72 Å². The molecule has 1 aliphatic heterocycles. The van der Waals surface area contributed by atoms with Crippen molar-refractivity contribution in [2.45, 2.75) is 24.4 Å². The molecule has 0 bridgehead atoms. The van der Waals surface area contributed by atoms with E-state index < -0.39 is 27.5 Å². The SMILES string of the molecule is CC1CN(Cc2c(F)cc(F)cc2F)CCN1C(=O)c1ccc(NS(=O)(=O)c2cccc3cccnc23)cc1. The molecule has 1 amide bonds. The van der Waals surface area contributed by atoms with Crippen LogP contribution in [0.1, 0.15) is 22.8 Å². The highest BCUT2D eigenvalue weighted by atomic mass is 32.2. The third kappa shape index (κ3) is 5.59. The van der Waals surface area contributed by atoms with Gasteiger partial charge in [-0.2, -0.15) is 0 Å². The lowest BCUT2D eigenvalue weighted by atomic mass is 10.1. The van der Waals surface area contributed by atoms with Gasteiger partial charge in [0.25, 0.3) is 15.9 Å². The minimum absolute atomic E-state index is 0.0363. The Morgan fingerprint density at radius 3 is 2.38 bits per heavy atom. The summed E-state index contributed by atoms with van der Waals surface area (Å²) < 4.78 is 70.0. The second kappa shape index (κ2) is 10.7. The fraction of sp³-hybridized carbons (Fsp3) is 0.214. The average Bonchev–Trinajstić information content (AvgIpc) is 2.90. The molecule has 4 aromatic rings. The Bertz CT molecular complexity index is 1620. The Kier molecular flexibility index (Phi) is 7.28. The van der Waals surface area contributed by atoms with E-state index in [9.17, 15) is 26.4 Å². The van der Waals surface area contributed by atoms with Crippen LogP contribution in [0.2, 0.25) is 0 Å². The van der Waals surface area contributed by atoms with Gasteiger partial charge in [0.1, 0.15) is 22.3 Å². The van der Waals surface area contributed by atoms with Crippen LogP contribution in [-0.2, 0) is 16.6 Å². The van der Waals surface area contributed by atoms with Gasteiger partial charge in [0, 0.05) is 72.8 Å². The summed E-state index contributed by atoms with van der Waals surface area (Å²) in [6.45, 7) is 2.88. The Morgan fingerprint density at radius 2 is 1.69 bits per heavy atom. The fourth-order valence-corrected chi connectivity index (χ4v) is 6.01. The lowest BCUT2D eigenvalue weighted by molar-refractivity contribution is 0.0471. The van der Waals surface area contributed by atoms with Crippen molar-refractivity contribution in [2.24, 2.45) is 0 Å². The highest BCUT2D eigenvalue weighted by Crippen LogP contribution is 2.25. The molecule has 1 unspecified atom stereocenters. The van der Waals surface area contributed by atoms with Gasteiger partial charge in [-0.25, -0.2) is 21.6 Å². The first-order valence-electron chi connectivity index (χ1n) is 12.3. The van der Waals surface area contributed by atoms with Gasteiger partial charge in [0.15, 0.2) is 0 Å². The zero-order valence-electron chi connectivity index (χ0n) is 20.9. The molecule has 3 aromatic carbocycles. The van der Waals surface area contributed by atoms with Crippen molar-refractivity contribution in [3.8, 4) is 0 Å². The van der Waals surface area contributed by atoms with Crippen molar-refractivity contribution in [1.82, 2.24) is 14.8 Å². The maximum atomic E-state index is 14.1. The molecule has 39 heavy (non-hydrogen) atoms. The molecule has 1 aliphatic rings. The summed E-state index contributed by atoms with van der Waals surface area (Å²) in [6, 6.07) is 15.6. The molecule has 0 radical (unpaired) electrons. The topological polar surface area (TPSA) is 82.6 Å². The molecule has 0 aliphatic carbocycles. The molecule has 1 atom stereocenters. The Balaban J connectivity index is 1.24. The number of hydrogen-bond donors (Lipinski definition) is 1. The van der Waals surface area contributed by atoms with Crippen LogP contribution in [0.25, 0.3) is 10.9 Å². The molecular formula is C28H25F3N4O3S. The van der Waals surface area contributed by atoms with Gasteiger partial charge in [-0.05, 0) is 43.3 Å². The first-order valence-corrected chi connectivity index (χ1v) is 13.7. The summed E-state index contributed by atoms with van der Waals surface area (Å²) in [5.74, 6) is -3.09. The van der Waals surface area contributed by atoms with Gasteiger partial charge < -0.3 is 4.90 Å². The maximum absolute atomic E-state index is 14.1. The molecule has 202 valence electrons. The number of halogens is 3. The summed E-state index contributed by atoms with van der Waals surface area (Å²) in [7, 11) is -3.93. The number of carbonyl (C=O) groups is 1. The number of rotatable bonds is 6. The van der Waals surface area contributed by atoms with Crippen LogP contribution in [0.4, 0.5) is 18.9 Å². The number of nitrogens with zero attached hydrogens (tertiary/aromatic N) is 3. The minimum Gasteiger partial charge on any atom is -0.333 e. The monoisotopic (exact) mass is 554 g/mol. The number of sulfonamides is 1. The quantitative estimate of drug-likeness (QED) is 0.370. The Labute approximate surface area is 223 Å². The van der Waals surface area contributed by atoms with E-state index in [0.717, 1.165) is 0 Å². The van der Waals surface area contributed by atoms with E-state index in [4.69, 9.17) is 0 Å². The lowest BCUT2D eigenvalue weighted by Crippen LogP contribution is -2.53. The number of amides is 1. The van der Waals surface area contributed by atoms with Crippen molar-refractivity contribution in [3.63, 3.8) is 0 Å². The fourth-order valence-electron chi connectivity index (χ4n) is 4.77. The van der Waals surface area contributed by atoms with Crippen molar-refractivity contribution in [2.75, 3.05) is 24.4 Å². The zero-order valence-corrected chi connectivity index (χ0v) is 21.8. The number of nitrogens with one attached hydrogen (secondary N) is 1. The first-order chi connectivity index (χ1) is 18.6. The number of fused-ring (bicyclic) bond motifs is 1. The van der Waals surface area contributed by atoms with Gasteiger partial charge in [-0.15, -0.1) is 0 Å². The normalized spacial score (nSPS) is 16.4. The second-order valence-electron chi connectivity index (χ2n) is 9.44. The molecule has 11 heteroatoms. The molecule has 1 N–H and O–H groups in total. The smallest absolute Gasteiger partial charge is 0.264 e. The van der Waals surface area contributed by atoms with E-state index in [-0.39, 0.29) is 29.0 Å². The van der Waals surface area contributed by atoms with Gasteiger partial charge >= 0.3 is 0 Å². The van der Waals surface area contributed by atoms with Crippen LogP contribution in [0.3, 0.4) is 0 Å². The summed E-state index contributed by atoms with van der Waals surface area (Å²) in [5, 5.41) is 0.698. The van der Waals surface area contributed by atoms with Crippen molar-refractivity contribution < 1.29 is 26.4 Å². The highest BCUT2D eigenvalue weighted by Gasteiger charge is 2.29. The predicted octanol–water partition coefficient (Wildman–Crippen LogP) is 4.80. The first kappa shape index (κ1) is 26.6. The maximum Gasteiger partial charge on any atom is 0.264 e. The summed E-state index contributed by atoms with van der Waals surface area (Å²) in [6.07, 6.45) is 1.53. The molecule has 1 saturated heterocycles. The van der Waals surface area contributed by atoms with Crippen molar-refractivity contribution in [3.05, 3.63) is 102 Å². The molecule has 5 rings (SSSR count). The van der Waals surface area contributed by atoms with E-state index in [1.165, 1.54) is 24.4 Å². The molecule has 1 fully saturated rings. The predicted molar refractivity (Wildman–Crippen MR) is 141 cm³/mol. The molecule has 0 spiro atoms. The number of carbonyl (C=O) groups excluding carboxylic acids is 1. The lowest BCUT2D eigenvalue weighted by Gasteiger charge is -2.40. The standard InChI is InChI=1S/C28H25F3N4O3S/c1-18-16-34(17-23-24(30)14-21(29)15-25(23)31)12-13-35(18)28(36)20-7-9-22(10-8-20)33-39(37,38)26-6-2-4-19-5-3-11-32-27(19)26/h2-11,14-15,18,33H,12-13,16-17H2,1H3. The average molecular weight is 555 g/mol. The molecular weight excluding hydrogens is 529 g/mol. The number of hydrogen-bond acceptors (Lipinski definition) is 5. The van der Waals surface area contributed by atoms with Gasteiger partial charge in [-0.3, -0.25) is 19.4 Å². The number of aromatic nitrogens is 1. The number of benzene rings is 3. The number of pyridine rings is 1. The van der Waals surface area contributed by atoms with Crippen molar-refractivity contribution in [1.29, 1.82) is 0 Å². The third-order valence-corrected chi connectivity index (χ3v) is 8.14. The molecule has 7 nitrogen and oxygen atoms in total. The molecule has 0 saturated carbocycles. The van der Waals surface area contributed by atoms with E-state index in [1.54, 1.807) is 41.3 Å². The van der Waals surface area contributed by atoms with E-state index >= 15 is 0 Å². The molecule has 2 heterocycles. The van der Waals surface area contributed by atoms with E-state index in [1.807, 2.05) is 11.8 Å². The van der Waals surface area contributed by atoms with E-state index in [2.05, 4.69) is 9.71 Å². The van der Waals surface area contributed by atoms with Crippen LogP contribution >= 0.6 is 0 Å². The van der Waals surface area contributed by atoms with Crippen LogP contribution in [-0.4, -0.2) is 54.8 Å². The second-order valence-corrected chi connectivity index (χ2v) is 11.1. The van der Waals surface area contributed by atoms with Crippen molar-refractivity contribution >= 4 is 32.5 Å². The van der Waals surface area contributed by atoms with Gasteiger partial charge in [0.05, 0.1) is 5.52 Å². The van der Waals surface area contributed by atoms with Crippen LogP contribution in [0, 0.1) is 17.5 Å². The number of anilines is 1. The summed E-state index contributed by atoms with van der Waals surface area (Å²) in [5.41, 5.74) is 0.819. The Hall–Kier alpha value is -3.96.